The second kappa shape index (κ2) is 3.69. The summed E-state index contributed by atoms with van der Waals surface area (Å²) in [4.78, 5) is 2.51. The largest absolute Gasteiger partial charge is 0.397 e. The third kappa shape index (κ3) is 1.48. The summed E-state index contributed by atoms with van der Waals surface area (Å²) < 4.78 is 0. The predicted octanol–water partition coefficient (Wildman–Crippen LogP) is 2.81. The van der Waals surface area contributed by atoms with Crippen LogP contribution in [0.3, 0.4) is 0 Å². The number of rotatable bonds is 1. The molecule has 3 rings (SSSR count). The van der Waals surface area contributed by atoms with Crippen LogP contribution in [0.25, 0.3) is 0 Å². The van der Waals surface area contributed by atoms with E-state index in [0.717, 1.165) is 17.5 Å². The van der Waals surface area contributed by atoms with Crippen molar-refractivity contribution in [3.05, 3.63) is 23.8 Å². The Labute approximate surface area is 97.4 Å². The van der Waals surface area contributed by atoms with Crippen molar-refractivity contribution >= 4 is 11.4 Å². The van der Waals surface area contributed by atoms with Crippen LogP contribution in [0.1, 0.15) is 24.8 Å². The van der Waals surface area contributed by atoms with Crippen molar-refractivity contribution < 1.29 is 0 Å². The monoisotopic (exact) mass is 216 g/mol. The first-order valence-electron chi connectivity index (χ1n) is 6.36. The highest BCUT2D eigenvalue weighted by Crippen LogP contribution is 2.41. The molecule has 2 nitrogen and oxygen atoms in total. The van der Waals surface area contributed by atoms with Crippen molar-refractivity contribution in [3.8, 4) is 0 Å². The van der Waals surface area contributed by atoms with Crippen molar-refractivity contribution in [3.63, 3.8) is 0 Å². The van der Waals surface area contributed by atoms with Gasteiger partial charge in [-0.15, -0.1) is 0 Å². The van der Waals surface area contributed by atoms with Crippen LogP contribution in [0.5, 0.6) is 0 Å². The van der Waals surface area contributed by atoms with Gasteiger partial charge in [0.2, 0.25) is 0 Å². The number of para-hydroxylation sites is 1. The Hall–Kier alpha value is -1.18. The van der Waals surface area contributed by atoms with Gasteiger partial charge < -0.3 is 10.6 Å². The van der Waals surface area contributed by atoms with Gasteiger partial charge in [-0.3, -0.25) is 0 Å². The number of hydrogen-bond acceptors (Lipinski definition) is 2. The first kappa shape index (κ1) is 10.0. The molecule has 16 heavy (non-hydrogen) atoms. The van der Waals surface area contributed by atoms with E-state index in [-0.39, 0.29) is 0 Å². The highest BCUT2D eigenvalue weighted by atomic mass is 15.2. The number of benzene rings is 1. The minimum absolute atomic E-state index is 0.930. The molecule has 2 fully saturated rings. The summed E-state index contributed by atoms with van der Waals surface area (Å²) >= 11 is 0. The molecule has 2 heteroatoms. The molecule has 0 spiro atoms. The van der Waals surface area contributed by atoms with Gasteiger partial charge in [-0.25, -0.2) is 0 Å². The molecule has 1 aromatic carbocycles. The minimum Gasteiger partial charge on any atom is -0.397 e. The number of nitrogens with two attached hydrogens (primary N) is 1. The SMILES string of the molecule is Cc1cccc(N)c1N1CC2CCCC2C1. The number of nitrogen functional groups attached to an aromatic ring is 1. The Morgan fingerprint density at radius 1 is 1.19 bits per heavy atom. The molecule has 2 N–H and O–H groups in total. The normalized spacial score (nSPS) is 28.4. The van der Waals surface area contributed by atoms with Gasteiger partial charge in [0.1, 0.15) is 0 Å². The summed E-state index contributed by atoms with van der Waals surface area (Å²) in [7, 11) is 0. The zero-order chi connectivity index (χ0) is 11.1. The third-order valence-corrected chi connectivity index (χ3v) is 4.31. The molecule has 1 aromatic rings. The van der Waals surface area contributed by atoms with Gasteiger partial charge in [-0.05, 0) is 43.2 Å². The molecule has 0 amide bonds. The van der Waals surface area contributed by atoms with Crippen LogP contribution < -0.4 is 10.6 Å². The maximum absolute atomic E-state index is 6.11. The standard InChI is InChI=1S/C14H20N2/c1-10-4-2-7-13(15)14(10)16-8-11-5-3-6-12(11)9-16/h2,4,7,11-12H,3,5-6,8-9,15H2,1H3. The molecule has 1 saturated heterocycles. The van der Waals surface area contributed by atoms with E-state index in [1.807, 2.05) is 12.1 Å². The third-order valence-electron chi connectivity index (χ3n) is 4.31. The Balaban J connectivity index is 1.88. The first-order valence-corrected chi connectivity index (χ1v) is 6.36. The Kier molecular flexibility index (Phi) is 2.31. The van der Waals surface area contributed by atoms with Crippen molar-refractivity contribution in [2.45, 2.75) is 26.2 Å². The predicted molar refractivity (Wildman–Crippen MR) is 68.6 cm³/mol. The Morgan fingerprint density at radius 2 is 1.88 bits per heavy atom. The van der Waals surface area contributed by atoms with E-state index in [1.54, 1.807) is 0 Å². The minimum atomic E-state index is 0.930. The van der Waals surface area contributed by atoms with Gasteiger partial charge in [-0.1, -0.05) is 18.6 Å². The summed E-state index contributed by atoms with van der Waals surface area (Å²) in [5, 5.41) is 0. The van der Waals surface area contributed by atoms with E-state index in [9.17, 15) is 0 Å². The maximum Gasteiger partial charge on any atom is 0.0629 e. The van der Waals surface area contributed by atoms with Gasteiger partial charge in [-0.2, -0.15) is 0 Å². The molecule has 1 heterocycles. The summed E-state index contributed by atoms with van der Waals surface area (Å²) in [5.74, 6) is 1.86. The van der Waals surface area contributed by atoms with Crippen molar-refractivity contribution in [2.75, 3.05) is 23.7 Å². The average molecular weight is 216 g/mol. The van der Waals surface area contributed by atoms with Crippen molar-refractivity contribution in [1.29, 1.82) is 0 Å². The number of aryl methyl sites for hydroxylation is 1. The fourth-order valence-corrected chi connectivity index (χ4v) is 3.53. The van der Waals surface area contributed by atoms with E-state index in [1.165, 1.54) is 43.6 Å². The maximum atomic E-state index is 6.11. The molecule has 0 aromatic heterocycles. The number of nitrogens with zero attached hydrogens (tertiary/aromatic N) is 1. The van der Waals surface area contributed by atoms with E-state index in [2.05, 4.69) is 17.9 Å². The molecular formula is C14H20N2. The van der Waals surface area contributed by atoms with Gasteiger partial charge in [0.15, 0.2) is 0 Å². The lowest BCUT2D eigenvalue weighted by Crippen LogP contribution is -2.22. The van der Waals surface area contributed by atoms with E-state index >= 15 is 0 Å². The molecule has 1 aliphatic carbocycles. The Morgan fingerprint density at radius 3 is 2.50 bits per heavy atom. The molecule has 0 bridgehead atoms. The summed E-state index contributed by atoms with van der Waals surface area (Å²) in [6.45, 7) is 4.61. The van der Waals surface area contributed by atoms with Crippen LogP contribution in [-0.4, -0.2) is 13.1 Å². The number of fused-ring (bicyclic) bond motifs is 1. The molecule has 86 valence electrons. The topological polar surface area (TPSA) is 29.3 Å². The van der Waals surface area contributed by atoms with Crippen LogP contribution in [0.15, 0.2) is 18.2 Å². The van der Waals surface area contributed by atoms with Crippen LogP contribution in [0.2, 0.25) is 0 Å². The van der Waals surface area contributed by atoms with E-state index in [4.69, 9.17) is 5.73 Å². The van der Waals surface area contributed by atoms with Crippen LogP contribution >= 0.6 is 0 Å². The lowest BCUT2D eigenvalue weighted by Gasteiger charge is -2.23. The van der Waals surface area contributed by atoms with Gasteiger partial charge in [0.25, 0.3) is 0 Å². The van der Waals surface area contributed by atoms with Crippen molar-refractivity contribution in [2.24, 2.45) is 11.8 Å². The molecule has 2 atom stereocenters. The fraction of sp³-hybridized carbons (Fsp3) is 0.571. The first-order chi connectivity index (χ1) is 7.75. The number of anilines is 2. The second-order valence-corrected chi connectivity index (χ2v) is 5.37. The number of hydrogen-bond donors (Lipinski definition) is 1. The lowest BCUT2D eigenvalue weighted by atomic mass is 10.0. The average Bonchev–Trinajstić information content (AvgIpc) is 2.77. The van der Waals surface area contributed by atoms with Gasteiger partial charge in [0.05, 0.1) is 11.4 Å². The molecule has 2 unspecified atom stereocenters. The Bertz CT molecular complexity index is 367. The molecular weight excluding hydrogens is 196 g/mol. The van der Waals surface area contributed by atoms with Gasteiger partial charge >= 0.3 is 0 Å². The lowest BCUT2D eigenvalue weighted by molar-refractivity contribution is 0.494. The van der Waals surface area contributed by atoms with Crippen molar-refractivity contribution in [1.82, 2.24) is 0 Å². The fourth-order valence-electron chi connectivity index (χ4n) is 3.53. The highest BCUT2D eigenvalue weighted by molar-refractivity contribution is 5.71. The molecule has 0 radical (unpaired) electrons. The van der Waals surface area contributed by atoms with E-state index < -0.39 is 0 Å². The quantitative estimate of drug-likeness (QED) is 0.731. The summed E-state index contributed by atoms with van der Waals surface area (Å²) in [6, 6.07) is 6.24. The summed E-state index contributed by atoms with van der Waals surface area (Å²) in [5.41, 5.74) is 9.66. The molecule has 2 aliphatic rings. The zero-order valence-electron chi connectivity index (χ0n) is 9.95. The zero-order valence-corrected chi connectivity index (χ0v) is 9.95. The second-order valence-electron chi connectivity index (χ2n) is 5.37. The van der Waals surface area contributed by atoms with Crippen LogP contribution in [0.4, 0.5) is 11.4 Å². The summed E-state index contributed by atoms with van der Waals surface area (Å²) in [6.07, 6.45) is 4.28. The highest BCUT2D eigenvalue weighted by Gasteiger charge is 2.36. The van der Waals surface area contributed by atoms with E-state index in [0.29, 0.717) is 0 Å². The molecule has 1 saturated carbocycles. The van der Waals surface area contributed by atoms with Crippen LogP contribution in [0, 0.1) is 18.8 Å². The smallest absolute Gasteiger partial charge is 0.0629 e. The molecule has 1 aliphatic heterocycles. The van der Waals surface area contributed by atoms with Crippen LogP contribution in [-0.2, 0) is 0 Å². The van der Waals surface area contributed by atoms with Gasteiger partial charge in [0, 0.05) is 13.1 Å².